The molecule has 0 aromatic heterocycles. The van der Waals surface area contributed by atoms with E-state index in [-0.39, 0.29) is 24.2 Å². The van der Waals surface area contributed by atoms with Crippen LogP contribution in [0.25, 0.3) is 0 Å². The summed E-state index contributed by atoms with van der Waals surface area (Å²) >= 11 is 0. The van der Waals surface area contributed by atoms with E-state index in [4.69, 9.17) is 11.5 Å². The summed E-state index contributed by atoms with van der Waals surface area (Å²) in [5.74, 6) is -1.12. The van der Waals surface area contributed by atoms with E-state index in [1.165, 1.54) is 11.3 Å². The Morgan fingerprint density at radius 1 is 0.878 bits per heavy atom. The Balaban J connectivity index is 1.78. The molecule has 228 valence electrons. The molecule has 3 rings (SSSR count). The molecule has 0 bridgehead atoms. The van der Waals surface area contributed by atoms with Crippen molar-refractivity contribution in [2.24, 2.45) is 23.3 Å². The van der Waals surface area contributed by atoms with E-state index >= 15 is 0 Å². The summed E-state index contributed by atoms with van der Waals surface area (Å²) in [6.07, 6.45) is 13.0. The Labute approximate surface area is 245 Å². The Morgan fingerprint density at radius 3 is 2.12 bits per heavy atom. The number of nitrogens with zero attached hydrogens (tertiary/aromatic N) is 1. The van der Waals surface area contributed by atoms with E-state index in [2.05, 4.69) is 10.6 Å². The summed E-state index contributed by atoms with van der Waals surface area (Å²) in [6.45, 7) is 0.502. The fourth-order valence-electron chi connectivity index (χ4n) is 6.32. The summed E-state index contributed by atoms with van der Waals surface area (Å²) in [6, 6.07) is 7.09. The first-order valence-electron chi connectivity index (χ1n) is 15.7. The lowest BCUT2D eigenvalue weighted by molar-refractivity contribution is -0.143. The lowest BCUT2D eigenvalue weighted by atomic mass is 9.84. The molecule has 2 fully saturated rings. The molecule has 9 heteroatoms. The van der Waals surface area contributed by atoms with Crippen LogP contribution in [0.2, 0.25) is 0 Å². The molecule has 1 aromatic rings. The van der Waals surface area contributed by atoms with Crippen LogP contribution in [0.15, 0.2) is 30.3 Å². The Bertz CT molecular complexity index is 976. The molecule has 1 unspecified atom stereocenters. The zero-order valence-corrected chi connectivity index (χ0v) is 24.8. The van der Waals surface area contributed by atoms with Gasteiger partial charge in [-0.15, -0.1) is 0 Å². The molecule has 0 aliphatic heterocycles. The summed E-state index contributed by atoms with van der Waals surface area (Å²) in [7, 11) is 1.61. The molecule has 4 amide bonds. The number of hydrogen-bond acceptors (Lipinski definition) is 5. The molecule has 41 heavy (non-hydrogen) atoms. The van der Waals surface area contributed by atoms with Crippen molar-refractivity contribution in [2.45, 2.75) is 114 Å². The van der Waals surface area contributed by atoms with Crippen molar-refractivity contribution < 1.29 is 19.2 Å². The number of rotatable bonds is 15. The number of hydrogen-bond donors (Lipinski definition) is 4. The normalized spacial score (nSPS) is 18.6. The second-order valence-corrected chi connectivity index (χ2v) is 12.0. The van der Waals surface area contributed by atoms with Gasteiger partial charge in [0.2, 0.25) is 23.6 Å². The topological polar surface area (TPSA) is 148 Å². The number of nitrogens with one attached hydrogen (secondary N) is 2. The number of primary amides is 1. The van der Waals surface area contributed by atoms with Crippen LogP contribution in [0.1, 0.15) is 95.5 Å². The first-order chi connectivity index (χ1) is 19.8. The molecular formula is C32H51N5O4. The molecule has 9 nitrogen and oxygen atoms in total. The lowest BCUT2D eigenvalue weighted by Crippen LogP contribution is -2.58. The number of nitrogens with two attached hydrogens (primary N) is 2. The van der Waals surface area contributed by atoms with Crippen molar-refractivity contribution in [1.29, 1.82) is 0 Å². The smallest absolute Gasteiger partial charge is 0.245 e. The summed E-state index contributed by atoms with van der Waals surface area (Å²) in [5.41, 5.74) is 12.3. The third kappa shape index (κ3) is 10.4. The first-order valence-corrected chi connectivity index (χ1v) is 15.7. The highest BCUT2D eigenvalue weighted by molar-refractivity contribution is 5.94. The molecule has 0 saturated heterocycles. The maximum atomic E-state index is 13.9. The number of carbonyl (C=O) groups excluding carboxylic acids is 4. The highest BCUT2D eigenvalue weighted by atomic mass is 16.2. The molecule has 3 atom stereocenters. The van der Waals surface area contributed by atoms with E-state index in [1.54, 1.807) is 7.05 Å². The van der Waals surface area contributed by atoms with Gasteiger partial charge in [0.05, 0.1) is 0 Å². The van der Waals surface area contributed by atoms with Crippen molar-refractivity contribution in [3.05, 3.63) is 35.9 Å². The second kappa shape index (κ2) is 17.1. The number of amides is 4. The monoisotopic (exact) mass is 569 g/mol. The molecule has 0 heterocycles. The van der Waals surface area contributed by atoms with Gasteiger partial charge in [-0.3, -0.25) is 19.2 Å². The van der Waals surface area contributed by atoms with Gasteiger partial charge in [-0.25, -0.2) is 0 Å². The van der Waals surface area contributed by atoms with Crippen LogP contribution in [0.3, 0.4) is 0 Å². The van der Waals surface area contributed by atoms with Crippen LogP contribution in [-0.2, 0) is 25.6 Å². The minimum absolute atomic E-state index is 0.0848. The SMILES string of the molecule is CN(C(=O)[C@@H](CCCCN)NC(=O)C1CCCCC1)[C@H](Cc1ccccc1)C(=O)NC(CC1CCCCC1)C(N)=O. The number of benzene rings is 1. The molecule has 6 N–H and O–H groups in total. The summed E-state index contributed by atoms with van der Waals surface area (Å²) < 4.78 is 0. The van der Waals surface area contributed by atoms with Gasteiger partial charge in [0.25, 0.3) is 0 Å². The molecule has 0 spiro atoms. The minimum Gasteiger partial charge on any atom is -0.368 e. The molecule has 2 saturated carbocycles. The first kappa shape index (κ1) is 32.6. The summed E-state index contributed by atoms with van der Waals surface area (Å²) in [4.78, 5) is 54.7. The average Bonchev–Trinajstić information content (AvgIpc) is 2.99. The van der Waals surface area contributed by atoms with E-state index in [0.29, 0.717) is 31.7 Å². The lowest BCUT2D eigenvalue weighted by Gasteiger charge is -2.33. The zero-order chi connectivity index (χ0) is 29.6. The maximum Gasteiger partial charge on any atom is 0.245 e. The Hall–Kier alpha value is -2.94. The van der Waals surface area contributed by atoms with E-state index in [0.717, 1.165) is 69.8 Å². The van der Waals surface area contributed by atoms with Crippen molar-refractivity contribution >= 4 is 23.6 Å². The largest absolute Gasteiger partial charge is 0.368 e. The zero-order valence-electron chi connectivity index (χ0n) is 24.8. The molecule has 2 aliphatic carbocycles. The van der Waals surface area contributed by atoms with Gasteiger partial charge >= 0.3 is 0 Å². The number of likely N-dealkylation sites (N-methyl/N-ethyl adjacent to an activating group) is 1. The Morgan fingerprint density at radius 2 is 1.51 bits per heavy atom. The maximum absolute atomic E-state index is 13.9. The molecule has 0 radical (unpaired) electrons. The van der Waals surface area contributed by atoms with Crippen LogP contribution in [0.5, 0.6) is 0 Å². The van der Waals surface area contributed by atoms with Gasteiger partial charge in [0.1, 0.15) is 18.1 Å². The van der Waals surface area contributed by atoms with Crippen molar-refractivity contribution in [1.82, 2.24) is 15.5 Å². The Kier molecular flexibility index (Phi) is 13.6. The van der Waals surface area contributed by atoms with Gasteiger partial charge in [0.15, 0.2) is 0 Å². The highest BCUT2D eigenvalue weighted by Gasteiger charge is 2.35. The van der Waals surface area contributed by atoms with Crippen LogP contribution < -0.4 is 22.1 Å². The van der Waals surface area contributed by atoms with Gasteiger partial charge in [0, 0.05) is 19.4 Å². The van der Waals surface area contributed by atoms with E-state index < -0.39 is 29.9 Å². The van der Waals surface area contributed by atoms with Crippen LogP contribution in [0.4, 0.5) is 0 Å². The average molecular weight is 570 g/mol. The van der Waals surface area contributed by atoms with Crippen LogP contribution >= 0.6 is 0 Å². The van der Waals surface area contributed by atoms with Crippen LogP contribution in [-0.4, -0.2) is 60.2 Å². The fraction of sp³-hybridized carbons (Fsp3) is 0.688. The van der Waals surface area contributed by atoms with E-state index in [9.17, 15) is 19.2 Å². The second-order valence-electron chi connectivity index (χ2n) is 12.0. The van der Waals surface area contributed by atoms with Crippen molar-refractivity contribution in [2.75, 3.05) is 13.6 Å². The number of carbonyl (C=O) groups is 4. The van der Waals surface area contributed by atoms with Gasteiger partial charge < -0.3 is 27.0 Å². The van der Waals surface area contributed by atoms with Crippen molar-refractivity contribution in [3.8, 4) is 0 Å². The van der Waals surface area contributed by atoms with Gasteiger partial charge in [-0.05, 0) is 56.6 Å². The minimum atomic E-state index is -0.873. The standard InChI is InChI=1S/C32H51N5O4/c1-37(32(41)26(19-11-12-20-33)35-30(39)25-17-9-4-10-18-25)28(22-24-15-7-3-8-16-24)31(40)36-27(29(34)38)21-23-13-5-2-6-14-23/h3,7-8,15-16,23,25-28H,2,4-6,9-14,17-22,33H2,1H3,(H2,34,38)(H,35,39)(H,36,40)/t26-,27?,28-/m1/s1. The number of unbranched alkanes of at least 4 members (excludes halogenated alkanes) is 1. The fourth-order valence-corrected chi connectivity index (χ4v) is 6.32. The molecule has 2 aliphatic rings. The van der Waals surface area contributed by atoms with Crippen LogP contribution in [0, 0.1) is 11.8 Å². The third-order valence-corrected chi connectivity index (χ3v) is 8.88. The van der Waals surface area contributed by atoms with Gasteiger partial charge in [-0.1, -0.05) is 81.7 Å². The van der Waals surface area contributed by atoms with Crippen molar-refractivity contribution in [3.63, 3.8) is 0 Å². The third-order valence-electron chi connectivity index (χ3n) is 8.88. The predicted octanol–water partition coefficient (Wildman–Crippen LogP) is 3.19. The molecule has 1 aromatic carbocycles. The quantitative estimate of drug-likeness (QED) is 0.240. The van der Waals surface area contributed by atoms with E-state index in [1.807, 2.05) is 30.3 Å². The predicted molar refractivity (Wildman–Crippen MR) is 160 cm³/mol. The summed E-state index contributed by atoms with van der Waals surface area (Å²) in [5, 5.41) is 5.91. The molecular weight excluding hydrogens is 518 g/mol. The highest BCUT2D eigenvalue weighted by Crippen LogP contribution is 2.28. The van der Waals surface area contributed by atoms with Gasteiger partial charge in [-0.2, -0.15) is 0 Å².